The van der Waals surface area contributed by atoms with Gasteiger partial charge in [-0.3, -0.25) is 10.1 Å². The number of aromatic nitrogens is 2. The van der Waals surface area contributed by atoms with Crippen molar-refractivity contribution >= 4 is 38.8 Å². The Balaban J connectivity index is 2.05. The number of nitro groups is 1. The molecule has 0 saturated carbocycles. The Morgan fingerprint density at radius 3 is 2.90 bits per heavy atom. The van der Waals surface area contributed by atoms with Crippen LogP contribution < -0.4 is 4.74 Å². The van der Waals surface area contributed by atoms with Gasteiger partial charge in [-0.25, -0.2) is 4.98 Å². The monoisotopic (exact) mass is 321 g/mol. The molecule has 0 unspecified atom stereocenters. The van der Waals surface area contributed by atoms with Crippen LogP contribution in [0.4, 0.5) is 5.69 Å². The van der Waals surface area contributed by atoms with E-state index in [1.165, 1.54) is 23.5 Å². The minimum Gasteiger partial charge on any atom is -0.438 e. The molecule has 0 atom stereocenters. The molecule has 2 aromatic heterocycles. The van der Waals surface area contributed by atoms with Gasteiger partial charge in [-0.2, -0.15) is 4.98 Å². The average Bonchev–Trinajstić information content (AvgIpc) is 2.79. The Morgan fingerprint density at radius 2 is 2.14 bits per heavy atom. The first kappa shape index (κ1) is 13.7. The zero-order valence-corrected chi connectivity index (χ0v) is 12.3. The van der Waals surface area contributed by atoms with Gasteiger partial charge in [0.2, 0.25) is 11.2 Å². The number of non-ortho nitro benzene ring substituents is 1. The molecule has 8 heteroatoms. The van der Waals surface area contributed by atoms with Crippen molar-refractivity contribution in [2.45, 2.75) is 6.92 Å². The molecule has 0 bridgehead atoms. The van der Waals surface area contributed by atoms with Gasteiger partial charge >= 0.3 is 0 Å². The van der Waals surface area contributed by atoms with E-state index in [9.17, 15) is 10.1 Å². The normalized spacial score (nSPS) is 10.8. The van der Waals surface area contributed by atoms with Crippen molar-refractivity contribution in [2.24, 2.45) is 0 Å². The lowest BCUT2D eigenvalue weighted by molar-refractivity contribution is -0.384. The molecule has 21 heavy (non-hydrogen) atoms. The van der Waals surface area contributed by atoms with Crippen molar-refractivity contribution in [3.05, 3.63) is 50.6 Å². The van der Waals surface area contributed by atoms with Gasteiger partial charge in [0.1, 0.15) is 10.6 Å². The van der Waals surface area contributed by atoms with E-state index in [0.717, 1.165) is 10.3 Å². The third kappa shape index (κ3) is 2.79. The van der Waals surface area contributed by atoms with Gasteiger partial charge in [-0.1, -0.05) is 6.07 Å². The summed E-state index contributed by atoms with van der Waals surface area (Å²) in [5, 5.41) is 11.6. The fourth-order valence-electron chi connectivity index (χ4n) is 1.84. The van der Waals surface area contributed by atoms with E-state index in [2.05, 4.69) is 9.97 Å². The summed E-state index contributed by atoms with van der Waals surface area (Å²) in [6.45, 7) is 1.94. The number of thiophene rings is 1. The third-order valence-corrected chi connectivity index (χ3v) is 3.81. The summed E-state index contributed by atoms with van der Waals surface area (Å²) in [5.74, 6) is 0.610. The van der Waals surface area contributed by atoms with Gasteiger partial charge in [-0.15, -0.1) is 11.3 Å². The lowest BCUT2D eigenvalue weighted by atomic mass is 10.3. The van der Waals surface area contributed by atoms with Crippen LogP contribution in [0.3, 0.4) is 0 Å². The Kier molecular flexibility index (Phi) is 3.44. The van der Waals surface area contributed by atoms with E-state index >= 15 is 0 Å². The maximum atomic E-state index is 10.8. The predicted molar refractivity (Wildman–Crippen MR) is 80.3 cm³/mol. The number of ether oxygens (including phenoxy) is 1. The first-order valence-electron chi connectivity index (χ1n) is 5.89. The number of benzene rings is 1. The van der Waals surface area contributed by atoms with Crippen LogP contribution in [0.1, 0.15) is 4.88 Å². The topological polar surface area (TPSA) is 78.2 Å². The summed E-state index contributed by atoms with van der Waals surface area (Å²) in [6.07, 6.45) is 0. The first-order valence-corrected chi connectivity index (χ1v) is 7.08. The van der Waals surface area contributed by atoms with Crippen LogP contribution in [-0.2, 0) is 0 Å². The molecule has 0 N–H and O–H groups in total. The molecule has 0 fully saturated rings. The van der Waals surface area contributed by atoms with Gasteiger partial charge in [0, 0.05) is 10.9 Å². The van der Waals surface area contributed by atoms with Gasteiger partial charge < -0.3 is 4.74 Å². The summed E-state index contributed by atoms with van der Waals surface area (Å²) in [5.41, 5.74) is -0.0506. The SMILES string of the molecule is Cc1cc2c(Oc3cccc([N+](=O)[O-])c3)nc(Cl)nc2s1. The molecule has 1 aromatic carbocycles. The van der Waals surface area contributed by atoms with Crippen molar-refractivity contribution in [2.75, 3.05) is 0 Å². The molecule has 3 aromatic rings. The number of halogens is 1. The molecule has 0 saturated heterocycles. The number of hydrogen-bond acceptors (Lipinski definition) is 6. The summed E-state index contributed by atoms with van der Waals surface area (Å²) in [4.78, 5) is 20.2. The lowest BCUT2D eigenvalue weighted by Crippen LogP contribution is -1.93. The third-order valence-electron chi connectivity index (χ3n) is 2.70. The standard InChI is InChI=1S/C13H8ClN3O3S/c1-7-5-10-11(15-13(14)16-12(10)21-7)20-9-4-2-3-8(6-9)17(18)19/h2-6H,1H3. The predicted octanol–water partition coefficient (Wildman–Crippen LogP) is 4.35. The second-order valence-electron chi connectivity index (χ2n) is 4.23. The summed E-state index contributed by atoms with van der Waals surface area (Å²) in [6, 6.07) is 7.79. The lowest BCUT2D eigenvalue weighted by Gasteiger charge is -2.05. The van der Waals surface area contributed by atoms with Crippen molar-refractivity contribution < 1.29 is 9.66 Å². The van der Waals surface area contributed by atoms with E-state index in [1.807, 2.05) is 13.0 Å². The van der Waals surface area contributed by atoms with Crippen LogP contribution in [-0.4, -0.2) is 14.9 Å². The molecule has 0 amide bonds. The van der Waals surface area contributed by atoms with Crippen LogP contribution in [0.25, 0.3) is 10.2 Å². The molecule has 0 spiro atoms. The minimum absolute atomic E-state index is 0.0506. The zero-order chi connectivity index (χ0) is 15.0. The zero-order valence-electron chi connectivity index (χ0n) is 10.7. The number of fused-ring (bicyclic) bond motifs is 1. The number of hydrogen-bond donors (Lipinski definition) is 0. The Bertz CT molecular complexity index is 850. The van der Waals surface area contributed by atoms with Crippen molar-refractivity contribution in [1.82, 2.24) is 9.97 Å². The maximum Gasteiger partial charge on any atom is 0.273 e. The fourth-order valence-corrected chi connectivity index (χ4v) is 2.92. The Morgan fingerprint density at radius 1 is 1.33 bits per heavy atom. The quantitative estimate of drug-likeness (QED) is 0.407. The molecule has 6 nitrogen and oxygen atoms in total. The summed E-state index contributed by atoms with van der Waals surface area (Å²) < 4.78 is 5.64. The largest absolute Gasteiger partial charge is 0.438 e. The second kappa shape index (κ2) is 5.27. The molecule has 3 rings (SSSR count). The molecular formula is C13H8ClN3O3S. The molecule has 2 heterocycles. The van der Waals surface area contributed by atoms with Gasteiger partial charge in [0.05, 0.1) is 16.4 Å². The van der Waals surface area contributed by atoms with Crippen LogP contribution >= 0.6 is 22.9 Å². The highest BCUT2D eigenvalue weighted by Gasteiger charge is 2.13. The van der Waals surface area contributed by atoms with Gasteiger partial charge in [-0.05, 0) is 30.7 Å². The van der Waals surface area contributed by atoms with Crippen LogP contribution in [0.5, 0.6) is 11.6 Å². The van der Waals surface area contributed by atoms with Crippen LogP contribution in [0.15, 0.2) is 30.3 Å². The number of nitro benzene ring substituents is 1. The van der Waals surface area contributed by atoms with E-state index in [-0.39, 0.29) is 16.9 Å². The maximum absolute atomic E-state index is 10.8. The highest BCUT2D eigenvalue weighted by Crippen LogP contribution is 2.34. The molecule has 0 aliphatic heterocycles. The number of rotatable bonds is 3. The molecule has 0 radical (unpaired) electrons. The first-order chi connectivity index (χ1) is 10.0. The van der Waals surface area contributed by atoms with Crippen LogP contribution in [0, 0.1) is 17.0 Å². The Labute approximate surface area is 128 Å². The Hall–Kier alpha value is -2.25. The van der Waals surface area contributed by atoms with E-state index in [0.29, 0.717) is 10.6 Å². The van der Waals surface area contributed by atoms with E-state index in [1.54, 1.807) is 12.1 Å². The molecule has 0 aliphatic rings. The van der Waals surface area contributed by atoms with E-state index < -0.39 is 4.92 Å². The highest BCUT2D eigenvalue weighted by atomic mass is 35.5. The van der Waals surface area contributed by atoms with E-state index in [4.69, 9.17) is 16.3 Å². The molecular weight excluding hydrogens is 314 g/mol. The van der Waals surface area contributed by atoms with Crippen LogP contribution in [0.2, 0.25) is 5.28 Å². The summed E-state index contributed by atoms with van der Waals surface area (Å²) >= 11 is 7.35. The second-order valence-corrected chi connectivity index (χ2v) is 5.80. The molecule has 0 aliphatic carbocycles. The van der Waals surface area contributed by atoms with Gasteiger partial charge in [0.25, 0.3) is 5.69 Å². The summed E-state index contributed by atoms with van der Waals surface area (Å²) in [7, 11) is 0. The van der Waals surface area contributed by atoms with Crippen molar-refractivity contribution in [1.29, 1.82) is 0 Å². The highest BCUT2D eigenvalue weighted by molar-refractivity contribution is 7.18. The fraction of sp³-hybridized carbons (Fsp3) is 0.0769. The van der Waals surface area contributed by atoms with Crippen molar-refractivity contribution in [3.63, 3.8) is 0 Å². The average molecular weight is 322 g/mol. The smallest absolute Gasteiger partial charge is 0.273 e. The van der Waals surface area contributed by atoms with Crippen molar-refractivity contribution in [3.8, 4) is 11.6 Å². The number of nitrogens with zero attached hydrogens (tertiary/aromatic N) is 3. The number of aryl methyl sites for hydroxylation is 1. The minimum atomic E-state index is -0.482. The molecule has 106 valence electrons. The van der Waals surface area contributed by atoms with Gasteiger partial charge in [0.15, 0.2) is 0 Å².